The average Bonchev–Trinajstić information content (AvgIpc) is 2.74. The van der Waals surface area contributed by atoms with Crippen molar-refractivity contribution in [3.05, 3.63) is 101 Å². The molecule has 0 aromatic heterocycles. The molecule has 0 spiro atoms. The van der Waals surface area contributed by atoms with Crippen molar-refractivity contribution in [3.8, 4) is 0 Å². The predicted octanol–water partition coefficient (Wildman–Crippen LogP) is 5.70. The van der Waals surface area contributed by atoms with E-state index in [1.807, 2.05) is 48.5 Å². The van der Waals surface area contributed by atoms with Crippen molar-refractivity contribution < 1.29 is 14.3 Å². The van der Waals surface area contributed by atoms with Gasteiger partial charge in [-0.2, -0.15) is 0 Å². The number of hydrogen-bond donors (Lipinski definition) is 1. The molecule has 29 heavy (non-hydrogen) atoms. The van der Waals surface area contributed by atoms with Crippen LogP contribution in [0.15, 0.2) is 78.9 Å². The normalized spacial score (nSPS) is 11.0. The Hall–Kier alpha value is -3.37. The van der Waals surface area contributed by atoms with E-state index in [9.17, 15) is 9.59 Å². The first kappa shape index (κ1) is 20.4. The van der Waals surface area contributed by atoms with Crippen molar-refractivity contribution in [1.82, 2.24) is 0 Å². The van der Waals surface area contributed by atoms with Gasteiger partial charge in [-0.25, -0.2) is 4.79 Å². The number of ether oxygens (including phenoxy) is 1. The number of hydrogen-bond acceptors (Lipinski definition) is 3. The van der Waals surface area contributed by atoms with Gasteiger partial charge in [0, 0.05) is 16.3 Å². The minimum absolute atomic E-state index is 0.286. The van der Waals surface area contributed by atoms with Crippen LogP contribution in [-0.2, 0) is 9.53 Å². The van der Waals surface area contributed by atoms with E-state index in [0.717, 1.165) is 11.1 Å². The lowest BCUT2D eigenvalue weighted by molar-refractivity contribution is -0.111. The fourth-order valence-electron chi connectivity index (χ4n) is 2.78. The third kappa shape index (κ3) is 5.33. The summed E-state index contributed by atoms with van der Waals surface area (Å²) in [5.74, 6) is -0.740. The molecule has 0 bridgehead atoms. The Morgan fingerprint density at radius 3 is 2.34 bits per heavy atom. The highest BCUT2D eigenvalue weighted by molar-refractivity contribution is 6.34. The van der Waals surface area contributed by atoms with Gasteiger partial charge < -0.3 is 10.1 Å². The van der Waals surface area contributed by atoms with Crippen LogP contribution in [0.1, 0.15) is 28.4 Å². The van der Waals surface area contributed by atoms with E-state index >= 15 is 0 Å². The monoisotopic (exact) mass is 405 g/mol. The molecule has 3 aromatic carbocycles. The summed E-state index contributed by atoms with van der Waals surface area (Å²) < 4.78 is 5.02. The molecule has 0 aliphatic carbocycles. The Bertz CT molecular complexity index is 1040. The van der Waals surface area contributed by atoms with Crippen molar-refractivity contribution in [2.75, 3.05) is 11.9 Å². The Kier molecular flexibility index (Phi) is 6.82. The molecule has 1 amide bonds. The molecule has 0 saturated heterocycles. The molecule has 1 N–H and O–H groups in total. The fourth-order valence-corrected chi connectivity index (χ4v) is 2.97. The number of nitrogens with one attached hydrogen (secondary N) is 1. The number of carbonyl (C=O) groups is 2. The smallest absolute Gasteiger partial charge is 0.338 e. The first-order valence-electron chi connectivity index (χ1n) is 9.18. The first-order chi connectivity index (χ1) is 14.1. The van der Waals surface area contributed by atoms with Crippen LogP contribution in [0.25, 0.3) is 11.6 Å². The van der Waals surface area contributed by atoms with E-state index in [1.165, 1.54) is 0 Å². The van der Waals surface area contributed by atoms with E-state index in [4.69, 9.17) is 16.3 Å². The van der Waals surface area contributed by atoms with Crippen LogP contribution in [0.4, 0.5) is 5.69 Å². The molecule has 0 unspecified atom stereocenters. The van der Waals surface area contributed by atoms with Crippen LogP contribution in [0.2, 0.25) is 5.02 Å². The summed E-state index contributed by atoms with van der Waals surface area (Å²) in [4.78, 5) is 25.1. The molecule has 3 rings (SSSR count). The number of halogens is 1. The molecule has 146 valence electrons. The number of esters is 1. The van der Waals surface area contributed by atoms with E-state index < -0.39 is 5.97 Å². The van der Waals surface area contributed by atoms with Gasteiger partial charge in [-0.3, -0.25) is 4.79 Å². The number of benzene rings is 3. The Balaban J connectivity index is 1.93. The summed E-state index contributed by atoms with van der Waals surface area (Å²) in [6.45, 7) is 2.03. The zero-order valence-corrected chi connectivity index (χ0v) is 16.6. The molecular weight excluding hydrogens is 386 g/mol. The predicted molar refractivity (Wildman–Crippen MR) is 117 cm³/mol. The van der Waals surface area contributed by atoms with Gasteiger partial charge in [0.1, 0.15) is 0 Å². The van der Waals surface area contributed by atoms with Gasteiger partial charge in [0.25, 0.3) is 5.91 Å². The van der Waals surface area contributed by atoms with Gasteiger partial charge in [-0.15, -0.1) is 0 Å². The number of amides is 1. The second-order valence-corrected chi connectivity index (χ2v) is 6.61. The number of anilines is 1. The third-order valence-corrected chi connectivity index (χ3v) is 4.51. The van der Waals surface area contributed by atoms with Crippen LogP contribution in [0, 0.1) is 0 Å². The maximum Gasteiger partial charge on any atom is 0.338 e. The Morgan fingerprint density at radius 1 is 0.931 bits per heavy atom. The van der Waals surface area contributed by atoms with Crippen molar-refractivity contribution in [3.63, 3.8) is 0 Å². The SMILES string of the molecule is CCOC(=O)c1cccc(NC(=O)/C(=C/c2ccccc2Cl)c2ccccc2)c1. The van der Waals surface area contributed by atoms with E-state index in [2.05, 4.69) is 5.32 Å². The van der Waals surface area contributed by atoms with Gasteiger partial charge in [0.2, 0.25) is 0 Å². The maximum atomic E-state index is 13.1. The summed E-state index contributed by atoms with van der Waals surface area (Å²) in [7, 11) is 0. The van der Waals surface area contributed by atoms with Gasteiger partial charge in [-0.05, 0) is 48.4 Å². The molecule has 0 heterocycles. The molecule has 0 aliphatic heterocycles. The second kappa shape index (κ2) is 9.71. The van der Waals surface area contributed by atoms with E-state index in [1.54, 1.807) is 43.3 Å². The van der Waals surface area contributed by atoms with Crippen LogP contribution >= 0.6 is 11.6 Å². The molecule has 0 fully saturated rings. The molecule has 0 saturated carbocycles. The van der Waals surface area contributed by atoms with Crippen LogP contribution in [-0.4, -0.2) is 18.5 Å². The highest BCUT2D eigenvalue weighted by atomic mass is 35.5. The van der Waals surface area contributed by atoms with Gasteiger partial charge in [-0.1, -0.05) is 66.2 Å². The Labute approximate surface area is 174 Å². The van der Waals surface area contributed by atoms with E-state index in [-0.39, 0.29) is 12.5 Å². The average molecular weight is 406 g/mol. The van der Waals surface area contributed by atoms with Gasteiger partial charge in [0.05, 0.1) is 12.2 Å². The molecule has 0 aliphatic rings. The fraction of sp³-hybridized carbons (Fsp3) is 0.0833. The highest BCUT2D eigenvalue weighted by Gasteiger charge is 2.14. The summed E-state index contributed by atoms with van der Waals surface area (Å²) in [5.41, 5.74) is 2.83. The largest absolute Gasteiger partial charge is 0.462 e. The van der Waals surface area contributed by atoms with Crippen molar-refractivity contribution in [2.24, 2.45) is 0 Å². The van der Waals surface area contributed by atoms with Crippen LogP contribution < -0.4 is 5.32 Å². The van der Waals surface area contributed by atoms with E-state index in [0.29, 0.717) is 21.8 Å². The lowest BCUT2D eigenvalue weighted by Gasteiger charge is -2.11. The zero-order chi connectivity index (χ0) is 20.6. The topological polar surface area (TPSA) is 55.4 Å². The maximum absolute atomic E-state index is 13.1. The zero-order valence-electron chi connectivity index (χ0n) is 15.9. The Morgan fingerprint density at radius 2 is 1.62 bits per heavy atom. The van der Waals surface area contributed by atoms with Gasteiger partial charge >= 0.3 is 5.97 Å². The molecule has 3 aromatic rings. The molecule has 0 atom stereocenters. The summed E-state index contributed by atoms with van der Waals surface area (Å²) in [6.07, 6.45) is 1.75. The quantitative estimate of drug-likeness (QED) is 0.325. The van der Waals surface area contributed by atoms with Crippen molar-refractivity contribution >= 4 is 40.8 Å². The lowest BCUT2D eigenvalue weighted by Crippen LogP contribution is -2.14. The molecule has 5 heteroatoms. The van der Waals surface area contributed by atoms with Gasteiger partial charge in [0.15, 0.2) is 0 Å². The summed E-state index contributed by atoms with van der Waals surface area (Å²) >= 11 is 6.28. The molecule has 4 nitrogen and oxygen atoms in total. The van der Waals surface area contributed by atoms with Crippen LogP contribution in [0.3, 0.4) is 0 Å². The molecular formula is C24H20ClNO3. The number of carbonyl (C=O) groups excluding carboxylic acids is 2. The lowest BCUT2D eigenvalue weighted by atomic mass is 10.0. The standard InChI is InChI=1S/C24H20ClNO3/c1-2-29-24(28)19-12-8-13-20(15-19)26-23(27)21(17-9-4-3-5-10-17)16-18-11-6-7-14-22(18)25/h3-16H,2H2,1H3,(H,26,27)/b21-16+. The summed E-state index contributed by atoms with van der Waals surface area (Å²) in [5, 5.41) is 3.41. The number of rotatable bonds is 6. The van der Waals surface area contributed by atoms with Crippen LogP contribution in [0.5, 0.6) is 0 Å². The van der Waals surface area contributed by atoms with Crippen molar-refractivity contribution in [1.29, 1.82) is 0 Å². The first-order valence-corrected chi connectivity index (χ1v) is 9.56. The van der Waals surface area contributed by atoms with Crippen molar-refractivity contribution in [2.45, 2.75) is 6.92 Å². The minimum Gasteiger partial charge on any atom is -0.462 e. The minimum atomic E-state index is -0.432. The molecule has 0 radical (unpaired) electrons. The third-order valence-electron chi connectivity index (χ3n) is 4.17. The highest BCUT2D eigenvalue weighted by Crippen LogP contribution is 2.24. The second-order valence-electron chi connectivity index (χ2n) is 6.20. The summed E-state index contributed by atoms with van der Waals surface area (Å²) in [6, 6.07) is 23.3.